The van der Waals surface area contributed by atoms with E-state index in [1.165, 1.54) is 0 Å². The van der Waals surface area contributed by atoms with Crippen LogP contribution in [0.4, 0.5) is 16.7 Å². The highest BCUT2D eigenvalue weighted by atomic mass is 16.2. The molecule has 0 spiro atoms. The zero-order valence-corrected chi connectivity index (χ0v) is 13.8. The van der Waals surface area contributed by atoms with Gasteiger partial charge >= 0.3 is 6.03 Å². The lowest BCUT2D eigenvalue weighted by molar-refractivity contribution is 0.252. The van der Waals surface area contributed by atoms with Gasteiger partial charge in [-0.3, -0.25) is 9.88 Å². The zero-order chi connectivity index (χ0) is 17.3. The van der Waals surface area contributed by atoms with E-state index in [2.05, 4.69) is 25.6 Å². The minimum absolute atomic E-state index is 0.201. The van der Waals surface area contributed by atoms with Gasteiger partial charge in [-0.05, 0) is 13.8 Å². The molecule has 0 aliphatic carbocycles. The first-order chi connectivity index (χ1) is 11.5. The number of aryl methyl sites for hydroxylation is 2. The van der Waals surface area contributed by atoms with Crippen molar-refractivity contribution in [3.05, 3.63) is 29.8 Å². The summed E-state index contributed by atoms with van der Waals surface area (Å²) in [5.74, 6) is 0.537. The molecule has 4 N–H and O–H groups in total. The molecule has 8 heteroatoms. The Hall–Kier alpha value is -3.16. The van der Waals surface area contributed by atoms with Crippen LogP contribution in [0.15, 0.2) is 24.3 Å². The number of anilines is 2. The first-order valence-corrected chi connectivity index (χ1v) is 7.61. The van der Waals surface area contributed by atoms with Gasteiger partial charge in [0.15, 0.2) is 5.65 Å². The molecule has 0 atom stereocenters. The molecule has 3 rings (SSSR count). The van der Waals surface area contributed by atoms with E-state index in [0.29, 0.717) is 29.4 Å². The molecule has 0 saturated carbocycles. The molecule has 0 bridgehead atoms. The van der Waals surface area contributed by atoms with Gasteiger partial charge in [-0.1, -0.05) is 29.8 Å². The van der Waals surface area contributed by atoms with Gasteiger partial charge in [-0.15, -0.1) is 0 Å². The van der Waals surface area contributed by atoms with Crippen LogP contribution in [-0.2, 0) is 7.05 Å². The number of imidazole rings is 1. The first kappa shape index (κ1) is 15.7. The van der Waals surface area contributed by atoms with E-state index in [4.69, 9.17) is 5.73 Å². The first-order valence-electron chi connectivity index (χ1n) is 7.61. The number of nitrogens with two attached hydrogens (primary N) is 1. The Bertz CT molecular complexity index is 899. The van der Waals surface area contributed by atoms with Crippen molar-refractivity contribution in [1.82, 2.24) is 24.8 Å². The molecule has 24 heavy (non-hydrogen) atoms. The van der Waals surface area contributed by atoms with E-state index in [0.717, 1.165) is 11.1 Å². The van der Waals surface area contributed by atoms with Crippen LogP contribution in [0.5, 0.6) is 0 Å². The topological polar surface area (TPSA) is 111 Å². The highest BCUT2D eigenvalue weighted by Crippen LogP contribution is 2.28. The van der Waals surface area contributed by atoms with Gasteiger partial charge in [-0.2, -0.15) is 4.98 Å². The van der Waals surface area contributed by atoms with Gasteiger partial charge in [-0.25, -0.2) is 14.8 Å². The molecule has 0 saturated heterocycles. The SMILES string of the molecule is CCNC(=O)Nc1nc(-c2ccc(C)cc2)c2nc(N)n(C)c2n1. The van der Waals surface area contributed by atoms with Crippen molar-refractivity contribution in [3.63, 3.8) is 0 Å². The monoisotopic (exact) mass is 325 g/mol. The van der Waals surface area contributed by atoms with Crippen LogP contribution in [0.3, 0.4) is 0 Å². The molecule has 0 radical (unpaired) electrons. The molecular weight excluding hydrogens is 306 g/mol. The highest BCUT2D eigenvalue weighted by Gasteiger charge is 2.17. The summed E-state index contributed by atoms with van der Waals surface area (Å²) in [6.45, 7) is 4.36. The maximum Gasteiger partial charge on any atom is 0.321 e. The smallest absolute Gasteiger partial charge is 0.321 e. The molecule has 2 amide bonds. The Morgan fingerprint density at radius 3 is 2.58 bits per heavy atom. The predicted molar refractivity (Wildman–Crippen MR) is 93.6 cm³/mol. The third-order valence-electron chi connectivity index (χ3n) is 3.64. The lowest BCUT2D eigenvalue weighted by Gasteiger charge is -2.08. The summed E-state index contributed by atoms with van der Waals surface area (Å²) in [6, 6.07) is 7.54. The molecule has 0 fully saturated rings. The molecule has 1 aromatic carbocycles. The fraction of sp³-hybridized carbons (Fsp3) is 0.250. The maximum absolute atomic E-state index is 11.8. The predicted octanol–water partition coefficient (Wildman–Crippen LogP) is 2.06. The highest BCUT2D eigenvalue weighted by molar-refractivity contribution is 5.93. The number of rotatable bonds is 3. The number of carbonyl (C=O) groups is 1. The number of carbonyl (C=O) groups excluding carboxylic acids is 1. The van der Waals surface area contributed by atoms with Gasteiger partial charge in [0.05, 0.1) is 0 Å². The van der Waals surface area contributed by atoms with Crippen LogP contribution in [0.25, 0.3) is 22.4 Å². The van der Waals surface area contributed by atoms with Crippen LogP contribution in [0.1, 0.15) is 12.5 Å². The quantitative estimate of drug-likeness (QED) is 0.682. The summed E-state index contributed by atoms with van der Waals surface area (Å²) in [7, 11) is 1.77. The van der Waals surface area contributed by atoms with Gasteiger partial charge < -0.3 is 11.1 Å². The number of nitrogens with zero attached hydrogens (tertiary/aromatic N) is 4. The van der Waals surface area contributed by atoms with Crippen molar-refractivity contribution >= 4 is 29.1 Å². The summed E-state index contributed by atoms with van der Waals surface area (Å²) >= 11 is 0. The molecular formula is C16H19N7O. The fourth-order valence-electron chi connectivity index (χ4n) is 2.35. The standard InChI is InChI=1S/C16H19N7O/c1-4-18-16(24)22-15-20-11(10-7-5-9(2)6-8-10)12-13(21-15)23(3)14(17)19-12/h5-8H,4H2,1-3H3,(H2,17,19)(H2,18,20,21,22,24). The molecule has 2 heterocycles. The average Bonchev–Trinajstić information content (AvgIpc) is 2.83. The summed E-state index contributed by atoms with van der Waals surface area (Å²) in [5.41, 5.74) is 9.71. The minimum atomic E-state index is -0.359. The maximum atomic E-state index is 11.8. The Morgan fingerprint density at radius 2 is 1.92 bits per heavy atom. The van der Waals surface area contributed by atoms with Crippen molar-refractivity contribution in [2.75, 3.05) is 17.6 Å². The lowest BCUT2D eigenvalue weighted by Crippen LogP contribution is -2.29. The fourth-order valence-corrected chi connectivity index (χ4v) is 2.35. The number of urea groups is 1. The normalized spacial score (nSPS) is 10.8. The summed E-state index contributed by atoms with van der Waals surface area (Å²) in [5, 5.41) is 5.29. The second-order valence-corrected chi connectivity index (χ2v) is 5.45. The number of benzene rings is 1. The molecule has 3 aromatic rings. The van der Waals surface area contributed by atoms with E-state index in [1.54, 1.807) is 11.6 Å². The van der Waals surface area contributed by atoms with Crippen LogP contribution in [0.2, 0.25) is 0 Å². The Labute approximate surface area is 139 Å². The van der Waals surface area contributed by atoms with Crippen LogP contribution >= 0.6 is 0 Å². The van der Waals surface area contributed by atoms with E-state index in [-0.39, 0.29) is 12.0 Å². The lowest BCUT2D eigenvalue weighted by atomic mass is 10.1. The van der Waals surface area contributed by atoms with E-state index in [1.807, 2.05) is 38.1 Å². The van der Waals surface area contributed by atoms with Crippen molar-refractivity contribution in [1.29, 1.82) is 0 Å². The van der Waals surface area contributed by atoms with Crippen molar-refractivity contribution in [2.45, 2.75) is 13.8 Å². The van der Waals surface area contributed by atoms with Gasteiger partial charge in [0.1, 0.15) is 11.2 Å². The number of nitrogens with one attached hydrogen (secondary N) is 2. The largest absolute Gasteiger partial charge is 0.369 e. The van der Waals surface area contributed by atoms with Crippen LogP contribution in [0, 0.1) is 6.92 Å². The number of hydrogen-bond donors (Lipinski definition) is 3. The van der Waals surface area contributed by atoms with Crippen LogP contribution < -0.4 is 16.4 Å². The minimum Gasteiger partial charge on any atom is -0.369 e. The molecule has 8 nitrogen and oxygen atoms in total. The van der Waals surface area contributed by atoms with Crippen molar-refractivity contribution in [2.24, 2.45) is 7.05 Å². The van der Waals surface area contributed by atoms with Gasteiger partial charge in [0, 0.05) is 19.2 Å². The molecule has 0 aliphatic rings. The Balaban J connectivity index is 2.16. The summed E-state index contributed by atoms with van der Waals surface area (Å²) in [4.78, 5) is 25.0. The molecule has 0 unspecified atom stereocenters. The molecule has 0 aliphatic heterocycles. The van der Waals surface area contributed by atoms with Gasteiger partial charge in [0.25, 0.3) is 0 Å². The number of nitrogen functional groups attached to an aromatic ring is 1. The second-order valence-electron chi connectivity index (χ2n) is 5.45. The second kappa shape index (κ2) is 6.15. The van der Waals surface area contributed by atoms with Gasteiger partial charge in [0.2, 0.25) is 11.9 Å². The third kappa shape index (κ3) is 2.85. The summed E-state index contributed by atoms with van der Waals surface area (Å²) in [6.07, 6.45) is 0. The van der Waals surface area contributed by atoms with Crippen molar-refractivity contribution in [3.8, 4) is 11.3 Å². The molecule has 124 valence electrons. The zero-order valence-electron chi connectivity index (χ0n) is 13.8. The van der Waals surface area contributed by atoms with E-state index in [9.17, 15) is 4.79 Å². The summed E-state index contributed by atoms with van der Waals surface area (Å²) < 4.78 is 1.66. The van der Waals surface area contributed by atoms with E-state index >= 15 is 0 Å². The molecule has 2 aromatic heterocycles. The number of amides is 2. The van der Waals surface area contributed by atoms with Crippen molar-refractivity contribution < 1.29 is 4.79 Å². The Morgan fingerprint density at radius 1 is 1.21 bits per heavy atom. The number of fused-ring (bicyclic) bond motifs is 1. The Kier molecular flexibility index (Phi) is 4.03. The third-order valence-corrected chi connectivity index (χ3v) is 3.64. The van der Waals surface area contributed by atoms with E-state index < -0.39 is 0 Å². The number of aromatic nitrogens is 4. The average molecular weight is 325 g/mol. The number of hydrogen-bond acceptors (Lipinski definition) is 5. The van der Waals surface area contributed by atoms with Crippen LogP contribution in [-0.4, -0.2) is 32.1 Å².